The van der Waals surface area contributed by atoms with Gasteiger partial charge in [0.25, 0.3) is 0 Å². The van der Waals surface area contributed by atoms with Gasteiger partial charge in [0, 0.05) is 32.2 Å². The Balaban J connectivity index is 3.50. The predicted octanol–water partition coefficient (Wildman–Crippen LogP) is 0.655. The van der Waals surface area contributed by atoms with Crippen LogP contribution in [0, 0.1) is 0 Å². The number of hydrogen-bond acceptors (Lipinski definition) is 3. The number of nitrogens with two attached hydrogens (primary N) is 1. The molecule has 0 aromatic carbocycles. The second kappa shape index (κ2) is 7.76. The summed E-state index contributed by atoms with van der Waals surface area (Å²) in [7, 11) is 1.66. The fourth-order valence-electron chi connectivity index (χ4n) is 1.07. The Morgan fingerprint density at radius 3 is 2.57 bits per heavy atom. The topological polar surface area (TPSA) is 64.3 Å². The van der Waals surface area contributed by atoms with Crippen LogP contribution in [0.3, 0.4) is 0 Å². The predicted molar refractivity (Wildman–Crippen MR) is 57.0 cm³/mol. The molecule has 0 aliphatic heterocycles. The van der Waals surface area contributed by atoms with E-state index in [0.717, 1.165) is 12.8 Å². The maximum Gasteiger partial charge on any atom is 0.220 e. The molecular formula is C10H22N2O2. The zero-order valence-corrected chi connectivity index (χ0v) is 9.38. The molecule has 2 atom stereocenters. The van der Waals surface area contributed by atoms with Gasteiger partial charge in [0.15, 0.2) is 0 Å². The van der Waals surface area contributed by atoms with Gasteiger partial charge in [-0.15, -0.1) is 0 Å². The molecular weight excluding hydrogens is 180 g/mol. The largest absolute Gasteiger partial charge is 0.385 e. The van der Waals surface area contributed by atoms with Crippen LogP contribution < -0.4 is 11.1 Å². The third-order valence-electron chi connectivity index (χ3n) is 1.99. The molecule has 0 aliphatic rings. The van der Waals surface area contributed by atoms with E-state index in [1.807, 2.05) is 13.8 Å². The van der Waals surface area contributed by atoms with Gasteiger partial charge in [-0.2, -0.15) is 0 Å². The van der Waals surface area contributed by atoms with Gasteiger partial charge in [0.2, 0.25) is 5.91 Å². The van der Waals surface area contributed by atoms with E-state index in [9.17, 15) is 4.79 Å². The molecule has 3 N–H and O–H groups in total. The highest BCUT2D eigenvalue weighted by atomic mass is 16.5. The molecule has 0 rings (SSSR count). The zero-order chi connectivity index (χ0) is 11.0. The first kappa shape index (κ1) is 13.4. The zero-order valence-electron chi connectivity index (χ0n) is 9.38. The van der Waals surface area contributed by atoms with Crippen LogP contribution in [0.1, 0.15) is 33.1 Å². The molecule has 0 aromatic heterocycles. The van der Waals surface area contributed by atoms with Crippen LogP contribution in [0.25, 0.3) is 0 Å². The SMILES string of the molecule is COCCC(C)NC(=O)CCC(C)N. The number of nitrogens with one attached hydrogen (secondary N) is 1. The van der Waals surface area contributed by atoms with Crippen molar-refractivity contribution < 1.29 is 9.53 Å². The summed E-state index contributed by atoms with van der Waals surface area (Å²) in [4.78, 5) is 11.3. The maximum absolute atomic E-state index is 11.3. The molecule has 1 amide bonds. The Kier molecular flexibility index (Phi) is 7.42. The Hall–Kier alpha value is -0.610. The highest BCUT2D eigenvalue weighted by molar-refractivity contribution is 5.76. The fourth-order valence-corrected chi connectivity index (χ4v) is 1.07. The van der Waals surface area contributed by atoms with Crippen molar-refractivity contribution in [3.05, 3.63) is 0 Å². The van der Waals surface area contributed by atoms with Gasteiger partial charge in [0.1, 0.15) is 0 Å². The summed E-state index contributed by atoms with van der Waals surface area (Å²) in [5, 5.41) is 2.90. The summed E-state index contributed by atoms with van der Waals surface area (Å²) < 4.78 is 4.92. The summed E-state index contributed by atoms with van der Waals surface area (Å²) in [6.07, 6.45) is 2.10. The highest BCUT2D eigenvalue weighted by Gasteiger charge is 2.07. The van der Waals surface area contributed by atoms with E-state index in [4.69, 9.17) is 10.5 Å². The second-order valence-corrected chi connectivity index (χ2v) is 3.77. The van der Waals surface area contributed by atoms with E-state index >= 15 is 0 Å². The molecule has 0 saturated carbocycles. The van der Waals surface area contributed by atoms with Crippen molar-refractivity contribution >= 4 is 5.91 Å². The standard InChI is InChI=1S/C10H22N2O2/c1-8(11)4-5-10(13)12-9(2)6-7-14-3/h8-9H,4-7,11H2,1-3H3,(H,12,13). The van der Waals surface area contributed by atoms with Crippen LogP contribution in [0.2, 0.25) is 0 Å². The lowest BCUT2D eigenvalue weighted by Crippen LogP contribution is -2.34. The van der Waals surface area contributed by atoms with Crippen LogP contribution in [0.15, 0.2) is 0 Å². The normalized spacial score (nSPS) is 14.9. The first-order valence-corrected chi connectivity index (χ1v) is 5.10. The lowest BCUT2D eigenvalue weighted by Gasteiger charge is -2.13. The lowest BCUT2D eigenvalue weighted by atomic mass is 10.1. The Labute approximate surface area is 86.2 Å². The van der Waals surface area contributed by atoms with E-state index in [0.29, 0.717) is 13.0 Å². The second-order valence-electron chi connectivity index (χ2n) is 3.77. The van der Waals surface area contributed by atoms with Crippen molar-refractivity contribution in [1.29, 1.82) is 0 Å². The van der Waals surface area contributed by atoms with E-state index in [2.05, 4.69) is 5.32 Å². The number of rotatable bonds is 7. The van der Waals surface area contributed by atoms with Crippen LogP contribution in [-0.2, 0) is 9.53 Å². The number of methoxy groups -OCH3 is 1. The molecule has 0 bridgehead atoms. The van der Waals surface area contributed by atoms with Crippen molar-refractivity contribution in [3.8, 4) is 0 Å². The molecule has 0 fully saturated rings. The monoisotopic (exact) mass is 202 g/mol. The summed E-state index contributed by atoms with van der Waals surface area (Å²) in [5.74, 6) is 0.0749. The molecule has 0 aliphatic carbocycles. The Morgan fingerprint density at radius 1 is 1.43 bits per heavy atom. The van der Waals surface area contributed by atoms with Gasteiger partial charge in [-0.05, 0) is 26.7 Å². The molecule has 4 heteroatoms. The van der Waals surface area contributed by atoms with Gasteiger partial charge in [-0.25, -0.2) is 0 Å². The summed E-state index contributed by atoms with van der Waals surface area (Å²) >= 11 is 0. The molecule has 0 radical (unpaired) electrons. The number of carbonyl (C=O) groups excluding carboxylic acids is 1. The van der Waals surface area contributed by atoms with E-state index in [-0.39, 0.29) is 18.0 Å². The smallest absolute Gasteiger partial charge is 0.220 e. The average Bonchev–Trinajstić information content (AvgIpc) is 2.11. The third kappa shape index (κ3) is 8.01. The van der Waals surface area contributed by atoms with Crippen molar-refractivity contribution in [3.63, 3.8) is 0 Å². The third-order valence-corrected chi connectivity index (χ3v) is 1.99. The fraction of sp³-hybridized carbons (Fsp3) is 0.900. The molecule has 0 heterocycles. The molecule has 0 saturated heterocycles. The minimum Gasteiger partial charge on any atom is -0.385 e. The summed E-state index contributed by atoms with van der Waals surface area (Å²) in [6.45, 7) is 4.55. The minimum atomic E-state index is 0.0749. The van der Waals surface area contributed by atoms with Crippen molar-refractivity contribution in [1.82, 2.24) is 5.32 Å². The minimum absolute atomic E-state index is 0.0749. The average molecular weight is 202 g/mol. The maximum atomic E-state index is 11.3. The van der Waals surface area contributed by atoms with Crippen LogP contribution >= 0.6 is 0 Å². The Morgan fingerprint density at radius 2 is 2.07 bits per heavy atom. The van der Waals surface area contributed by atoms with Gasteiger partial charge in [-0.3, -0.25) is 4.79 Å². The number of hydrogen-bond donors (Lipinski definition) is 2. The number of carbonyl (C=O) groups is 1. The molecule has 84 valence electrons. The van der Waals surface area contributed by atoms with Crippen LogP contribution in [0.5, 0.6) is 0 Å². The molecule has 14 heavy (non-hydrogen) atoms. The highest BCUT2D eigenvalue weighted by Crippen LogP contribution is 1.96. The first-order valence-electron chi connectivity index (χ1n) is 5.10. The van der Waals surface area contributed by atoms with E-state index < -0.39 is 0 Å². The van der Waals surface area contributed by atoms with E-state index in [1.54, 1.807) is 7.11 Å². The first-order chi connectivity index (χ1) is 6.56. The van der Waals surface area contributed by atoms with Gasteiger partial charge in [-0.1, -0.05) is 0 Å². The van der Waals surface area contributed by atoms with Crippen LogP contribution in [0.4, 0.5) is 0 Å². The van der Waals surface area contributed by atoms with Gasteiger partial charge in [0.05, 0.1) is 0 Å². The van der Waals surface area contributed by atoms with E-state index in [1.165, 1.54) is 0 Å². The molecule has 0 spiro atoms. The van der Waals surface area contributed by atoms with Gasteiger partial charge >= 0.3 is 0 Å². The summed E-state index contributed by atoms with van der Waals surface area (Å²) in [5.41, 5.74) is 5.55. The van der Waals surface area contributed by atoms with Gasteiger partial charge < -0.3 is 15.8 Å². The lowest BCUT2D eigenvalue weighted by molar-refractivity contribution is -0.121. The van der Waals surface area contributed by atoms with Crippen LogP contribution in [-0.4, -0.2) is 31.7 Å². The summed E-state index contributed by atoms with van der Waals surface area (Å²) in [6, 6.07) is 0.269. The number of amides is 1. The molecule has 0 aromatic rings. The quantitative estimate of drug-likeness (QED) is 0.637. The van der Waals surface area contributed by atoms with Crippen molar-refractivity contribution in [2.24, 2.45) is 5.73 Å². The number of ether oxygens (including phenoxy) is 1. The Bertz CT molecular complexity index is 160. The molecule has 2 unspecified atom stereocenters. The van der Waals surface area contributed by atoms with Crippen molar-refractivity contribution in [2.75, 3.05) is 13.7 Å². The molecule has 4 nitrogen and oxygen atoms in total. The van der Waals surface area contributed by atoms with Crippen molar-refractivity contribution in [2.45, 2.75) is 45.2 Å².